The predicted molar refractivity (Wildman–Crippen MR) is 67.3 cm³/mol. The molecule has 17 heavy (non-hydrogen) atoms. The number of hydrogen-bond donors (Lipinski definition) is 2. The molecule has 0 aliphatic heterocycles. The summed E-state index contributed by atoms with van der Waals surface area (Å²) < 4.78 is 13.8. The van der Waals surface area contributed by atoms with Gasteiger partial charge in [0.25, 0.3) is 0 Å². The van der Waals surface area contributed by atoms with Crippen LogP contribution in [0.3, 0.4) is 0 Å². The van der Waals surface area contributed by atoms with E-state index in [9.17, 15) is 4.39 Å². The second-order valence-corrected chi connectivity index (χ2v) is 5.01. The third-order valence-electron chi connectivity index (χ3n) is 3.95. The first-order valence-electron chi connectivity index (χ1n) is 6.23. The second kappa shape index (κ2) is 4.15. The first-order valence-corrected chi connectivity index (χ1v) is 6.23. The van der Waals surface area contributed by atoms with E-state index < -0.39 is 0 Å². The minimum Gasteiger partial charge on any atom is -0.361 e. The van der Waals surface area contributed by atoms with Crippen LogP contribution in [0.1, 0.15) is 25.3 Å². The van der Waals surface area contributed by atoms with Crippen molar-refractivity contribution in [1.29, 1.82) is 0 Å². The molecule has 1 aliphatic rings. The molecule has 0 saturated heterocycles. The van der Waals surface area contributed by atoms with Crippen molar-refractivity contribution in [3.63, 3.8) is 0 Å². The van der Waals surface area contributed by atoms with E-state index in [-0.39, 0.29) is 5.82 Å². The summed E-state index contributed by atoms with van der Waals surface area (Å²) in [6, 6.07) is 5.84. The van der Waals surface area contributed by atoms with Crippen molar-refractivity contribution in [2.75, 3.05) is 0 Å². The number of rotatable bonds is 3. The first-order chi connectivity index (χ1) is 8.25. The van der Waals surface area contributed by atoms with Crippen LogP contribution in [0.2, 0.25) is 0 Å². The number of benzene rings is 1. The number of H-pyrrole nitrogens is 1. The molecule has 0 bridgehead atoms. The van der Waals surface area contributed by atoms with Crippen LogP contribution in [0.25, 0.3) is 10.9 Å². The second-order valence-electron chi connectivity index (χ2n) is 5.01. The quantitative estimate of drug-likeness (QED) is 0.835. The lowest BCUT2D eigenvalue weighted by molar-refractivity contribution is 0.228. The van der Waals surface area contributed by atoms with Gasteiger partial charge in [-0.1, -0.05) is 6.92 Å². The van der Waals surface area contributed by atoms with Crippen LogP contribution in [-0.2, 0) is 6.54 Å². The van der Waals surface area contributed by atoms with Gasteiger partial charge in [-0.3, -0.25) is 0 Å². The van der Waals surface area contributed by atoms with Crippen molar-refractivity contribution in [2.24, 2.45) is 5.92 Å². The fourth-order valence-electron chi connectivity index (χ4n) is 2.55. The highest BCUT2D eigenvalue weighted by molar-refractivity contribution is 5.83. The van der Waals surface area contributed by atoms with Crippen LogP contribution in [0.4, 0.5) is 4.39 Å². The maximum Gasteiger partial charge on any atom is 0.128 e. The Labute approximate surface area is 100 Å². The molecule has 0 amide bonds. The molecular formula is C14H17FN2. The van der Waals surface area contributed by atoms with Crippen LogP contribution < -0.4 is 5.32 Å². The molecule has 2 nitrogen and oxygen atoms in total. The molecule has 0 radical (unpaired) electrons. The molecule has 2 atom stereocenters. The van der Waals surface area contributed by atoms with Gasteiger partial charge in [-0.25, -0.2) is 4.39 Å². The Bertz CT molecular complexity index is 532. The van der Waals surface area contributed by atoms with Gasteiger partial charge in [-0.15, -0.1) is 0 Å². The summed E-state index contributed by atoms with van der Waals surface area (Å²) in [6.07, 6.45) is 4.36. The smallest absolute Gasteiger partial charge is 0.128 e. The van der Waals surface area contributed by atoms with Crippen molar-refractivity contribution in [3.05, 3.63) is 35.8 Å². The standard InChI is InChI=1S/C14H17FN2/c1-9-2-4-13(9)17-8-11-10-6-7-16-14(10)5-3-12(11)15/h3,5-7,9,13,16-17H,2,4,8H2,1H3. The van der Waals surface area contributed by atoms with Crippen molar-refractivity contribution in [3.8, 4) is 0 Å². The molecule has 1 aromatic carbocycles. The van der Waals surface area contributed by atoms with Gasteiger partial charge in [0.15, 0.2) is 0 Å². The molecule has 1 aliphatic carbocycles. The summed E-state index contributed by atoms with van der Waals surface area (Å²) >= 11 is 0. The maximum atomic E-state index is 13.8. The van der Waals surface area contributed by atoms with Gasteiger partial charge >= 0.3 is 0 Å². The molecule has 2 unspecified atom stereocenters. The first kappa shape index (κ1) is 10.8. The molecule has 1 aromatic heterocycles. The lowest BCUT2D eigenvalue weighted by Crippen LogP contribution is -2.42. The summed E-state index contributed by atoms with van der Waals surface area (Å²) in [7, 11) is 0. The summed E-state index contributed by atoms with van der Waals surface area (Å²) in [6.45, 7) is 2.87. The number of halogens is 1. The van der Waals surface area contributed by atoms with E-state index in [1.165, 1.54) is 12.8 Å². The predicted octanol–water partition coefficient (Wildman–Crippen LogP) is 3.20. The van der Waals surface area contributed by atoms with Gasteiger partial charge < -0.3 is 10.3 Å². The molecule has 90 valence electrons. The molecule has 3 rings (SSSR count). The highest BCUT2D eigenvalue weighted by atomic mass is 19.1. The number of hydrogen-bond acceptors (Lipinski definition) is 1. The monoisotopic (exact) mass is 232 g/mol. The van der Waals surface area contributed by atoms with Crippen molar-refractivity contribution in [2.45, 2.75) is 32.4 Å². The normalized spacial score (nSPS) is 23.9. The van der Waals surface area contributed by atoms with E-state index >= 15 is 0 Å². The Balaban J connectivity index is 1.83. The van der Waals surface area contributed by atoms with Crippen LogP contribution >= 0.6 is 0 Å². The molecule has 1 fully saturated rings. The van der Waals surface area contributed by atoms with Gasteiger partial charge in [-0.05, 0) is 37.0 Å². The zero-order valence-corrected chi connectivity index (χ0v) is 9.96. The van der Waals surface area contributed by atoms with E-state index in [0.29, 0.717) is 12.6 Å². The van der Waals surface area contributed by atoms with E-state index in [1.54, 1.807) is 12.1 Å². The summed E-state index contributed by atoms with van der Waals surface area (Å²) in [5, 5.41) is 4.44. The molecule has 3 heteroatoms. The van der Waals surface area contributed by atoms with Gasteiger partial charge in [-0.2, -0.15) is 0 Å². The van der Waals surface area contributed by atoms with E-state index in [0.717, 1.165) is 22.4 Å². The van der Waals surface area contributed by atoms with E-state index in [1.807, 2.05) is 12.3 Å². The van der Waals surface area contributed by atoms with E-state index in [2.05, 4.69) is 17.2 Å². The Morgan fingerprint density at radius 3 is 2.94 bits per heavy atom. The Morgan fingerprint density at radius 2 is 2.24 bits per heavy atom. The van der Waals surface area contributed by atoms with Crippen molar-refractivity contribution in [1.82, 2.24) is 10.3 Å². The van der Waals surface area contributed by atoms with Gasteiger partial charge in [0.05, 0.1) is 0 Å². The Kier molecular flexibility index (Phi) is 2.63. The minimum absolute atomic E-state index is 0.114. The number of fused-ring (bicyclic) bond motifs is 1. The number of nitrogens with one attached hydrogen (secondary N) is 2. The average molecular weight is 232 g/mol. The van der Waals surface area contributed by atoms with Crippen LogP contribution in [0.15, 0.2) is 24.4 Å². The molecule has 2 aromatic rings. The Hall–Kier alpha value is -1.35. The zero-order chi connectivity index (χ0) is 11.8. The van der Waals surface area contributed by atoms with E-state index in [4.69, 9.17) is 0 Å². The third kappa shape index (κ3) is 1.84. The van der Waals surface area contributed by atoms with Crippen molar-refractivity contribution >= 4 is 10.9 Å². The van der Waals surface area contributed by atoms with Gasteiger partial charge in [0, 0.05) is 35.2 Å². The summed E-state index contributed by atoms with van der Waals surface area (Å²) in [5.41, 5.74) is 1.78. The molecular weight excluding hydrogens is 215 g/mol. The maximum absolute atomic E-state index is 13.8. The minimum atomic E-state index is -0.114. The fourth-order valence-corrected chi connectivity index (χ4v) is 2.55. The average Bonchev–Trinajstić information content (AvgIpc) is 2.78. The Morgan fingerprint density at radius 1 is 1.35 bits per heavy atom. The van der Waals surface area contributed by atoms with Crippen molar-refractivity contribution < 1.29 is 4.39 Å². The van der Waals surface area contributed by atoms with Gasteiger partial charge in [0.1, 0.15) is 5.82 Å². The highest BCUT2D eigenvalue weighted by Gasteiger charge is 2.26. The number of aromatic amines is 1. The van der Waals surface area contributed by atoms with Crippen LogP contribution in [-0.4, -0.2) is 11.0 Å². The third-order valence-corrected chi connectivity index (χ3v) is 3.95. The zero-order valence-electron chi connectivity index (χ0n) is 9.96. The molecule has 0 spiro atoms. The molecule has 2 N–H and O–H groups in total. The van der Waals surface area contributed by atoms with Crippen LogP contribution in [0.5, 0.6) is 0 Å². The van der Waals surface area contributed by atoms with Gasteiger partial charge in [0.2, 0.25) is 0 Å². The lowest BCUT2D eigenvalue weighted by Gasteiger charge is -2.34. The fraction of sp³-hybridized carbons (Fsp3) is 0.429. The number of aromatic nitrogens is 1. The SMILES string of the molecule is CC1CCC1NCc1c(F)ccc2[nH]ccc12. The largest absolute Gasteiger partial charge is 0.361 e. The summed E-state index contributed by atoms with van der Waals surface area (Å²) in [4.78, 5) is 3.12. The highest BCUT2D eigenvalue weighted by Crippen LogP contribution is 2.27. The molecule has 1 heterocycles. The van der Waals surface area contributed by atoms with Crippen LogP contribution in [0, 0.1) is 11.7 Å². The summed E-state index contributed by atoms with van der Waals surface area (Å²) in [5.74, 6) is 0.611. The lowest BCUT2D eigenvalue weighted by atomic mass is 9.81. The molecule has 1 saturated carbocycles. The topological polar surface area (TPSA) is 27.8 Å².